The average molecular weight is 250 g/mol. The van der Waals surface area contributed by atoms with Gasteiger partial charge in [0.05, 0.1) is 0 Å². The first-order valence-electron chi connectivity index (χ1n) is 6.17. The van der Waals surface area contributed by atoms with Crippen molar-refractivity contribution < 1.29 is 9.53 Å². The lowest BCUT2D eigenvalue weighted by Crippen LogP contribution is -2.19. The number of rotatable bonds is 6. The standard InChI is InChI=1S/C14H22N2O2/c1-11(2)14(17)15-12-6-5-7-13(10-12)18-9-8-16(3)4/h5-7,10-11H,8-9H2,1-4H3,(H,15,17). The number of carbonyl (C=O) groups is 1. The molecule has 0 bridgehead atoms. The number of amides is 1. The molecule has 0 radical (unpaired) electrons. The predicted octanol–water partition coefficient (Wildman–Crippen LogP) is 2.22. The van der Waals surface area contributed by atoms with Gasteiger partial charge in [-0.1, -0.05) is 19.9 Å². The average Bonchev–Trinajstić information content (AvgIpc) is 2.28. The molecular weight excluding hydrogens is 228 g/mol. The van der Waals surface area contributed by atoms with E-state index in [1.54, 1.807) is 0 Å². The maximum atomic E-state index is 11.6. The third-order valence-corrected chi connectivity index (χ3v) is 2.43. The Morgan fingerprint density at radius 2 is 2.11 bits per heavy atom. The number of carbonyl (C=O) groups excluding carboxylic acids is 1. The lowest BCUT2D eigenvalue weighted by atomic mass is 10.2. The van der Waals surface area contributed by atoms with Crippen molar-refractivity contribution in [2.75, 3.05) is 32.6 Å². The van der Waals surface area contributed by atoms with Gasteiger partial charge in [-0.3, -0.25) is 4.79 Å². The molecule has 0 spiro atoms. The quantitative estimate of drug-likeness (QED) is 0.841. The van der Waals surface area contributed by atoms with Gasteiger partial charge in [0.1, 0.15) is 12.4 Å². The third kappa shape index (κ3) is 5.19. The van der Waals surface area contributed by atoms with Gasteiger partial charge in [0, 0.05) is 24.2 Å². The van der Waals surface area contributed by atoms with Crippen molar-refractivity contribution in [1.82, 2.24) is 4.90 Å². The van der Waals surface area contributed by atoms with Gasteiger partial charge in [-0.25, -0.2) is 0 Å². The summed E-state index contributed by atoms with van der Waals surface area (Å²) in [6.07, 6.45) is 0. The fourth-order valence-electron chi connectivity index (χ4n) is 1.30. The zero-order valence-electron chi connectivity index (χ0n) is 11.6. The van der Waals surface area contributed by atoms with Crippen LogP contribution in [0, 0.1) is 5.92 Å². The molecular formula is C14H22N2O2. The summed E-state index contributed by atoms with van der Waals surface area (Å²) >= 11 is 0. The molecule has 4 nitrogen and oxygen atoms in total. The van der Waals surface area contributed by atoms with Crippen LogP contribution in [-0.4, -0.2) is 38.1 Å². The second-order valence-electron chi connectivity index (χ2n) is 4.82. The molecule has 1 amide bonds. The highest BCUT2D eigenvalue weighted by Crippen LogP contribution is 2.17. The minimum Gasteiger partial charge on any atom is -0.492 e. The Morgan fingerprint density at radius 3 is 2.72 bits per heavy atom. The van der Waals surface area contributed by atoms with Crippen molar-refractivity contribution in [3.63, 3.8) is 0 Å². The van der Waals surface area contributed by atoms with Crippen LogP contribution in [0.25, 0.3) is 0 Å². The molecule has 0 saturated heterocycles. The highest BCUT2D eigenvalue weighted by atomic mass is 16.5. The molecule has 0 aromatic heterocycles. The first kappa shape index (κ1) is 14.5. The number of nitrogens with one attached hydrogen (secondary N) is 1. The Labute approximate surface area is 109 Å². The largest absolute Gasteiger partial charge is 0.492 e. The molecule has 0 saturated carbocycles. The van der Waals surface area contributed by atoms with Gasteiger partial charge < -0.3 is 15.0 Å². The number of nitrogens with zero attached hydrogens (tertiary/aromatic N) is 1. The van der Waals surface area contributed by atoms with Crippen LogP contribution in [0.2, 0.25) is 0 Å². The Balaban J connectivity index is 2.54. The molecule has 1 rings (SSSR count). The minimum absolute atomic E-state index is 0.0143. The van der Waals surface area contributed by atoms with Crippen LogP contribution in [0.3, 0.4) is 0 Å². The van der Waals surface area contributed by atoms with Gasteiger partial charge in [-0.15, -0.1) is 0 Å². The topological polar surface area (TPSA) is 41.6 Å². The van der Waals surface area contributed by atoms with Crippen molar-refractivity contribution in [2.45, 2.75) is 13.8 Å². The first-order valence-corrected chi connectivity index (χ1v) is 6.17. The number of hydrogen-bond acceptors (Lipinski definition) is 3. The maximum Gasteiger partial charge on any atom is 0.226 e. The number of benzene rings is 1. The Bertz CT molecular complexity index is 389. The van der Waals surface area contributed by atoms with Gasteiger partial charge in [0.2, 0.25) is 5.91 Å². The molecule has 0 heterocycles. The van der Waals surface area contributed by atoms with Crippen molar-refractivity contribution >= 4 is 11.6 Å². The monoisotopic (exact) mass is 250 g/mol. The van der Waals surface area contributed by atoms with E-state index in [1.807, 2.05) is 52.2 Å². The van der Waals surface area contributed by atoms with E-state index in [2.05, 4.69) is 10.2 Å². The van der Waals surface area contributed by atoms with E-state index < -0.39 is 0 Å². The molecule has 18 heavy (non-hydrogen) atoms. The van der Waals surface area contributed by atoms with E-state index in [0.717, 1.165) is 18.0 Å². The van der Waals surface area contributed by atoms with Gasteiger partial charge in [0.25, 0.3) is 0 Å². The first-order chi connectivity index (χ1) is 8.49. The molecule has 4 heteroatoms. The summed E-state index contributed by atoms with van der Waals surface area (Å²) in [7, 11) is 4.01. The minimum atomic E-state index is -0.0247. The smallest absolute Gasteiger partial charge is 0.226 e. The Kier molecular flexibility index (Phi) is 5.65. The van der Waals surface area contributed by atoms with E-state index in [4.69, 9.17) is 4.74 Å². The molecule has 0 aliphatic rings. The maximum absolute atomic E-state index is 11.6. The number of anilines is 1. The van der Waals surface area contributed by atoms with Crippen molar-refractivity contribution in [2.24, 2.45) is 5.92 Å². The van der Waals surface area contributed by atoms with Crippen molar-refractivity contribution in [3.8, 4) is 5.75 Å². The summed E-state index contributed by atoms with van der Waals surface area (Å²) in [5.41, 5.74) is 0.774. The molecule has 0 aliphatic carbocycles. The molecule has 100 valence electrons. The van der Waals surface area contributed by atoms with Gasteiger partial charge in [-0.05, 0) is 26.2 Å². The molecule has 1 N–H and O–H groups in total. The Morgan fingerprint density at radius 1 is 1.39 bits per heavy atom. The van der Waals surface area contributed by atoms with Crippen LogP contribution in [0.1, 0.15) is 13.8 Å². The van der Waals surface area contributed by atoms with Crippen LogP contribution in [0.4, 0.5) is 5.69 Å². The van der Waals surface area contributed by atoms with Gasteiger partial charge >= 0.3 is 0 Å². The SMILES string of the molecule is CC(C)C(=O)Nc1cccc(OCCN(C)C)c1. The molecule has 0 unspecified atom stereocenters. The summed E-state index contributed by atoms with van der Waals surface area (Å²) in [5, 5.41) is 2.85. The van der Waals surface area contributed by atoms with Crippen LogP contribution in [0.5, 0.6) is 5.75 Å². The molecule has 0 aliphatic heterocycles. The highest BCUT2D eigenvalue weighted by Gasteiger charge is 2.07. The van der Waals surface area contributed by atoms with Crippen LogP contribution >= 0.6 is 0 Å². The molecule has 1 aromatic carbocycles. The second kappa shape index (κ2) is 7.01. The van der Waals surface area contributed by atoms with Crippen LogP contribution < -0.4 is 10.1 Å². The van der Waals surface area contributed by atoms with Gasteiger partial charge in [-0.2, -0.15) is 0 Å². The lowest BCUT2D eigenvalue weighted by Gasteiger charge is -2.12. The van der Waals surface area contributed by atoms with Crippen LogP contribution in [0.15, 0.2) is 24.3 Å². The summed E-state index contributed by atoms with van der Waals surface area (Å²) < 4.78 is 5.61. The second-order valence-corrected chi connectivity index (χ2v) is 4.82. The van der Waals surface area contributed by atoms with E-state index in [0.29, 0.717) is 6.61 Å². The predicted molar refractivity (Wildman–Crippen MR) is 74.0 cm³/mol. The lowest BCUT2D eigenvalue weighted by molar-refractivity contribution is -0.118. The number of ether oxygens (including phenoxy) is 1. The summed E-state index contributed by atoms with van der Waals surface area (Å²) in [6.45, 7) is 5.23. The zero-order chi connectivity index (χ0) is 13.5. The van der Waals surface area contributed by atoms with Gasteiger partial charge in [0.15, 0.2) is 0 Å². The fraction of sp³-hybridized carbons (Fsp3) is 0.500. The number of likely N-dealkylation sites (N-methyl/N-ethyl adjacent to an activating group) is 1. The third-order valence-electron chi connectivity index (χ3n) is 2.43. The van der Waals surface area contributed by atoms with E-state index in [1.165, 1.54) is 0 Å². The molecule has 1 aromatic rings. The van der Waals surface area contributed by atoms with E-state index in [-0.39, 0.29) is 11.8 Å². The Hall–Kier alpha value is -1.55. The highest BCUT2D eigenvalue weighted by molar-refractivity contribution is 5.92. The summed E-state index contributed by atoms with van der Waals surface area (Å²) in [5.74, 6) is 0.766. The normalized spacial score (nSPS) is 10.8. The van der Waals surface area contributed by atoms with E-state index >= 15 is 0 Å². The van der Waals surface area contributed by atoms with Crippen molar-refractivity contribution in [1.29, 1.82) is 0 Å². The van der Waals surface area contributed by atoms with E-state index in [9.17, 15) is 4.79 Å². The summed E-state index contributed by atoms with van der Waals surface area (Å²) in [6, 6.07) is 7.47. The molecule has 0 fully saturated rings. The van der Waals surface area contributed by atoms with Crippen molar-refractivity contribution in [3.05, 3.63) is 24.3 Å². The zero-order valence-corrected chi connectivity index (χ0v) is 11.6. The fourth-order valence-corrected chi connectivity index (χ4v) is 1.30. The van der Waals surface area contributed by atoms with Crippen LogP contribution in [-0.2, 0) is 4.79 Å². The summed E-state index contributed by atoms with van der Waals surface area (Å²) in [4.78, 5) is 13.6. The molecule has 0 atom stereocenters. The number of hydrogen-bond donors (Lipinski definition) is 1.